The van der Waals surface area contributed by atoms with Crippen molar-refractivity contribution < 1.29 is 4.39 Å². The summed E-state index contributed by atoms with van der Waals surface area (Å²) in [6, 6.07) is 4.95. The van der Waals surface area contributed by atoms with E-state index in [2.05, 4.69) is 0 Å². The highest BCUT2D eigenvalue weighted by molar-refractivity contribution is 5.27. The summed E-state index contributed by atoms with van der Waals surface area (Å²) in [6.45, 7) is 3.85. The van der Waals surface area contributed by atoms with Crippen molar-refractivity contribution in [1.29, 1.82) is 0 Å². The molecule has 0 saturated heterocycles. The molecule has 1 nitrogen and oxygen atoms in total. The van der Waals surface area contributed by atoms with Crippen molar-refractivity contribution in [3.63, 3.8) is 0 Å². The van der Waals surface area contributed by atoms with Gasteiger partial charge in [0.05, 0.1) is 0 Å². The van der Waals surface area contributed by atoms with E-state index in [4.69, 9.17) is 5.73 Å². The van der Waals surface area contributed by atoms with Crippen molar-refractivity contribution in [2.45, 2.75) is 26.3 Å². The van der Waals surface area contributed by atoms with Gasteiger partial charge in [-0.3, -0.25) is 0 Å². The van der Waals surface area contributed by atoms with Gasteiger partial charge in [0.25, 0.3) is 0 Å². The van der Waals surface area contributed by atoms with Crippen molar-refractivity contribution in [3.8, 4) is 0 Å². The van der Waals surface area contributed by atoms with E-state index in [1.165, 1.54) is 12.1 Å². The maximum Gasteiger partial charge on any atom is 0.123 e. The average Bonchev–Trinajstić information content (AvgIpc) is 1.94. The quantitative estimate of drug-likeness (QED) is 0.716. The van der Waals surface area contributed by atoms with E-state index in [1.807, 2.05) is 13.8 Å². The van der Waals surface area contributed by atoms with E-state index in [9.17, 15) is 4.39 Å². The summed E-state index contributed by atoms with van der Waals surface area (Å²) in [5.74, 6) is -0.180. The molecule has 2 N–H and O–H groups in total. The summed E-state index contributed by atoms with van der Waals surface area (Å²) in [5.41, 5.74) is 7.75. The van der Waals surface area contributed by atoms with Crippen LogP contribution in [-0.2, 0) is 6.42 Å². The monoisotopic (exact) mass is 167 g/mol. The van der Waals surface area contributed by atoms with Crippen molar-refractivity contribution in [1.82, 2.24) is 0 Å². The van der Waals surface area contributed by atoms with Crippen LogP contribution in [0.4, 0.5) is 4.39 Å². The predicted molar refractivity (Wildman–Crippen MR) is 48.5 cm³/mol. The largest absolute Gasteiger partial charge is 0.328 e. The molecule has 0 heterocycles. The fourth-order valence-electron chi connectivity index (χ4n) is 1.24. The molecule has 0 amide bonds. The van der Waals surface area contributed by atoms with Crippen molar-refractivity contribution in [2.24, 2.45) is 5.73 Å². The standard InChI is InChI=1S/C10H14FN/c1-7-5-10(11)4-3-9(7)6-8(2)12/h3-5,8H,6,12H2,1-2H3. The summed E-state index contributed by atoms with van der Waals surface area (Å²) in [5, 5.41) is 0. The summed E-state index contributed by atoms with van der Waals surface area (Å²) in [4.78, 5) is 0. The minimum Gasteiger partial charge on any atom is -0.328 e. The molecule has 0 bridgehead atoms. The lowest BCUT2D eigenvalue weighted by Gasteiger charge is -2.07. The van der Waals surface area contributed by atoms with Gasteiger partial charge in [0.15, 0.2) is 0 Å². The molecular weight excluding hydrogens is 153 g/mol. The first-order valence-corrected chi connectivity index (χ1v) is 4.10. The molecule has 0 aromatic heterocycles. The van der Waals surface area contributed by atoms with Crippen molar-refractivity contribution in [2.75, 3.05) is 0 Å². The van der Waals surface area contributed by atoms with Crippen LogP contribution in [0, 0.1) is 12.7 Å². The highest BCUT2D eigenvalue weighted by Crippen LogP contribution is 2.11. The van der Waals surface area contributed by atoms with Gasteiger partial charge in [0, 0.05) is 6.04 Å². The molecule has 0 fully saturated rings. The predicted octanol–water partition coefficient (Wildman–Crippen LogP) is 2.02. The minimum atomic E-state index is -0.180. The Balaban J connectivity index is 2.86. The molecule has 66 valence electrons. The molecule has 1 rings (SSSR count). The van der Waals surface area contributed by atoms with E-state index in [0.717, 1.165) is 17.5 Å². The van der Waals surface area contributed by atoms with Gasteiger partial charge in [-0.15, -0.1) is 0 Å². The Morgan fingerprint density at radius 2 is 2.17 bits per heavy atom. The number of benzene rings is 1. The van der Waals surface area contributed by atoms with Crippen LogP contribution in [0.3, 0.4) is 0 Å². The Bertz CT molecular complexity index is 269. The van der Waals surface area contributed by atoms with E-state index in [1.54, 1.807) is 6.07 Å². The van der Waals surface area contributed by atoms with E-state index >= 15 is 0 Å². The second-order valence-corrected chi connectivity index (χ2v) is 3.25. The Morgan fingerprint density at radius 3 is 2.67 bits per heavy atom. The van der Waals surface area contributed by atoms with Gasteiger partial charge in [-0.05, 0) is 43.5 Å². The number of nitrogens with two attached hydrogens (primary N) is 1. The van der Waals surface area contributed by atoms with Crippen LogP contribution in [0.2, 0.25) is 0 Å². The van der Waals surface area contributed by atoms with Crippen molar-refractivity contribution >= 4 is 0 Å². The van der Waals surface area contributed by atoms with Gasteiger partial charge < -0.3 is 5.73 Å². The van der Waals surface area contributed by atoms with Gasteiger partial charge in [-0.1, -0.05) is 6.07 Å². The molecule has 0 aliphatic heterocycles. The normalized spacial score (nSPS) is 13.0. The van der Waals surface area contributed by atoms with Crippen LogP contribution in [-0.4, -0.2) is 6.04 Å². The number of hydrogen-bond acceptors (Lipinski definition) is 1. The second-order valence-electron chi connectivity index (χ2n) is 3.25. The summed E-state index contributed by atoms with van der Waals surface area (Å²) in [7, 11) is 0. The first kappa shape index (κ1) is 9.20. The lowest BCUT2D eigenvalue weighted by molar-refractivity contribution is 0.624. The van der Waals surface area contributed by atoms with E-state index in [-0.39, 0.29) is 11.9 Å². The highest BCUT2D eigenvalue weighted by Gasteiger charge is 2.01. The fraction of sp³-hybridized carbons (Fsp3) is 0.400. The molecule has 0 spiro atoms. The third kappa shape index (κ3) is 2.31. The first-order chi connectivity index (χ1) is 5.59. The van der Waals surface area contributed by atoms with E-state index < -0.39 is 0 Å². The lowest BCUT2D eigenvalue weighted by atomic mass is 10.0. The Morgan fingerprint density at radius 1 is 1.50 bits per heavy atom. The van der Waals surface area contributed by atoms with Gasteiger partial charge in [0.1, 0.15) is 5.82 Å². The van der Waals surface area contributed by atoms with Gasteiger partial charge in [-0.25, -0.2) is 4.39 Å². The van der Waals surface area contributed by atoms with Crippen LogP contribution in [0.1, 0.15) is 18.1 Å². The zero-order valence-electron chi connectivity index (χ0n) is 7.47. The highest BCUT2D eigenvalue weighted by atomic mass is 19.1. The number of aryl methyl sites for hydroxylation is 1. The maximum atomic E-state index is 12.7. The van der Waals surface area contributed by atoms with Gasteiger partial charge in [-0.2, -0.15) is 0 Å². The van der Waals surface area contributed by atoms with Gasteiger partial charge >= 0.3 is 0 Å². The van der Waals surface area contributed by atoms with Gasteiger partial charge in [0.2, 0.25) is 0 Å². The topological polar surface area (TPSA) is 26.0 Å². The maximum absolute atomic E-state index is 12.7. The van der Waals surface area contributed by atoms with Crippen LogP contribution >= 0.6 is 0 Å². The van der Waals surface area contributed by atoms with Crippen LogP contribution < -0.4 is 5.73 Å². The third-order valence-corrected chi connectivity index (χ3v) is 1.85. The second kappa shape index (κ2) is 3.68. The molecule has 2 heteroatoms. The molecule has 1 aromatic carbocycles. The van der Waals surface area contributed by atoms with Crippen molar-refractivity contribution in [3.05, 3.63) is 35.1 Å². The fourth-order valence-corrected chi connectivity index (χ4v) is 1.24. The zero-order chi connectivity index (χ0) is 9.14. The third-order valence-electron chi connectivity index (χ3n) is 1.85. The number of halogens is 1. The minimum absolute atomic E-state index is 0.133. The smallest absolute Gasteiger partial charge is 0.123 e. The molecule has 1 aromatic rings. The summed E-state index contributed by atoms with van der Waals surface area (Å²) in [6.07, 6.45) is 0.812. The van der Waals surface area contributed by atoms with Crippen LogP contribution in [0.5, 0.6) is 0 Å². The molecule has 1 atom stereocenters. The lowest BCUT2D eigenvalue weighted by Crippen LogP contribution is -2.18. The van der Waals surface area contributed by atoms with Crippen LogP contribution in [0.15, 0.2) is 18.2 Å². The summed E-state index contributed by atoms with van der Waals surface area (Å²) < 4.78 is 12.7. The Hall–Kier alpha value is -0.890. The first-order valence-electron chi connectivity index (χ1n) is 4.10. The van der Waals surface area contributed by atoms with E-state index in [0.29, 0.717) is 0 Å². The number of rotatable bonds is 2. The molecule has 0 aliphatic rings. The SMILES string of the molecule is Cc1cc(F)ccc1CC(C)N. The average molecular weight is 167 g/mol. The Labute approximate surface area is 72.4 Å². The zero-order valence-corrected chi connectivity index (χ0v) is 7.47. The van der Waals surface area contributed by atoms with Crippen LogP contribution in [0.25, 0.3) is 0 Å². The molecule has 12 heavy (non-hydrogen) atoms. The number of hydrogen-bond donors (Lipinski definition) is 1. The molecule has 1 unspecified atom stereocenters. The molecule has 0 radical (unpaired) electrons. The molecular formula is C10H14FN. The summed E-state index contributed by atoms with van der Waals surface area (Å²) >= 11 is 0. The Kier molecular flexibility index (Phi) is 2.82. The molecule has 0 saturated carbocycles. The molecule has 0 aliphatic carbocycles.